The first-order valence-corrected chi connectivity index (χ1v) is 18.0. The first-order chi connectivity index (χ1) is 27.2. The first kappa shape index (κ1) is 42.9. The lowest BCUT2D eigenvalue weighted by Gasteiger charge is -2.30. The maximum absolute atomic E-state index is 13.9. The van der Waals surface area contributed by atoms with Crippen molar-refractivity contribution in [3.8, 4) is 0 Å². The molecule has 1 aliphatic rings. The van der Waals surface area contributed by atoms with Crippen LogP contribution in [0.25, 0.3) is 10.9 Å². The molecule has 1 aliphatic heterocycles. The Kier molecular flexibility index (Phi) is 15.6. The normalized spacial score (nSPS) is 15.1. The number of likely N-dealkylation sites (tertiary alicyclic amines) is 1. The van der Waals surface area contributed by atoms with Gasteiger partial charge in [0.2, 0.25) is 47.3 Å². The molecule has 2 aromatic heterocycles. The predicted octanol–water partition coefficient (Wildman–Crippen LogP) is -4.22. The fourth-order valence-corrected chi connectivity index (χ4v) is 6.19. The first-order valence-electron chi connectivity index (χ1n) is 18.0. The number of aliphatic carboxylic acids is 1. The topological polar surface area (TPSA) is 346 Å². The highest BCUT2D eigenvalue weighted by molar-refractivity contribution is 5.97. The molecule has 4 rings (SSSR count). The Bertz CT molecular complexity index is 1950. The maximum atomic E-state index is 13.9. The van der Waals surface area contributed by atoms with E-state index in [0.717, 1.165) is 16.5 Å². The van der Waals surface area contributed by atoms with Crippen LogP contribution in [-0.2, 0) is 56.0 Å². The highest BCUT2D eigenvalue weighted by Gasteiger charge is 2.39. The van der Waals surface area contributed by atoms with Crippen LogP contribution >= 0.6 is 0 Å². The number of nitrogens with two attached hydrogens (primary N) is 2. The van der Waals surface area contributed by atoms with Gasteiger partial charge in [-0.2, -0.15) is 0 Å². The number of primary amides is 1. The van der Waals surface area contributed by atoms with Crippen molar-refractivity contribution in [3.05, 3.63) is 54.2 Å². The van der Waals surface area contributed by atoms with E-state index in [1.807, 2.05) is 24.3 Å². The van der Waals surface area contributed by atoms with E-state index < -0.39 is 97.0 Å². The van der Waals surface area contributed by atoms with E-state index in [4.69, 9.17) is 16.6 Å². The molecular formula is C35H46N12O10. The SMILES string of the molecule is NCC(=O)N[C@@H](Cc1c[nH]c2ccccc12)C(=O)NCC(=O)N[C@@H](CCC(N)=O)C(=O)N1CCC[C@H]1C(=O)N[C@@H](Cc1cnc[nH]1)C(=O)NCC(=O)NCC(=O)O. The Morgan fingerprint density at radius 2 is 1.53 bits per heavy atom. The molecule has 0 saturated carbocycles. The predicted molar refractivity (Wildman–Crippen MR) is 199 cm³/mol. The molecule has 22 nitrogen and oxygen atoms in total. The Labute approximate surface area is 325 Å². The van der Waals surface area contributed by atoms with Crippen LogP contribution in [0.1, 0.15) is 36.9 Å². The van der Waals surface area contributed by atoms with Crippen molar-refractivity contribution >= 4 is 64.1 Å². The number of H-pyrrole nitrogens is 2. The molecule has 1 saturated heterocycles. The van der Waals surface area contributed by atoms with Crippen LogP contribution < -0.4 is 43.4 Å². The van der Waals surface area contributed by atoms with Crippen LogP contribution in [0.15, 0.2) is 43.0 Å². The van der Waals surface area contributed by atoms with Gasteiger partial charge < -0.3 is 63.3 Å². The van der Waals surface area contributed by atoms with E-state index in [1.165, 1.54) is 17.4 Å². The van der Waals surface area contributed by atoms with Crippen molar-refractivity contribution in [2.75, 3.05) is 32.7 Å². The average Bonchev–Trinajstić information content (AvgIpc) is 3.98. The molecule has 3 aromatic rings. The summed E-state index contributed by atoms with van der Waals surface area (Å²) in [5, 5.41) is 24.2. The van der Waals surface area contributed by atoms with Gasteiger partial charge in [0.1, 0.15) is 30.7 Å². The standard InChI is InChI=1S/C35H46N12O10/c36-12-28(49)45-24(10-19-13-39-22-5-2-1-4-21(19)22)32(54)42-16-30(51)44-23(7-8-27(37)48)35(57)47-9-3-6-26(47)34(56)46-25(11-20-14-38-18-43-20)33(55)41-15-29(50)40-17-31(52)53/h1-2,4-5,13-14,18,23-26,39H,3,6-12,15-17,36H2,(H2,37,48)(H,38,43)(H,40,50)(H,41,55)(H,42,54)(H,44,51)(H,45,49)(H,46,56)(H,52,53)/t23-,24-,25-,26-/m0/s1. The molecule has 22 heteroatoms. The van der Waals surface area contributed by atoms with Crippen LogP contribution in [0, 0.1) is 0 Å². The zero-order valence-electron chi connectivity index (χ0n) is 30.8. The summed E-state index contributed by atoms with van der Waals surface area (Å²) in [4.78, 5) is 125. The number of nitrogens with one attached hydrogen (secondary N) is 8. The zero-order chi connectivity index (χ0) is 41.5. The van der Waals surface area contributed by atoms with Gasteiger partial charge in [0, 0.05) is 54.8 Å². The minimum Gasteiger partial charge on any atom is -0.480 e. The molecule has 0 unspecified atom stereocenters. The van der Waals surface area contributed by atoms with Gasteiger partial charge in [-0.3, -0.25) is 43.2 Å². The largest absolute Gasteiger partial charge is 0.480 e. The molecule has 8 amide bonds. The molecular weight excluding hydrogens is 748 g/mol. The number of nitrogens with zero attached hydrogens (tertiary/aromatic N) is 2. The van der Waals surface area contributed by atoms with Gasteiger partial charge in [0.25, 0.3) is 0 Å². The van der Waals surface area contributed by atoms with Crippen molar-refractivity contribution in [1.82, 2.24) is 51.8 Å². The number of benzene rings is 1. The molecule has 57 heavy (non-hydrogen) atoms. The van der Waals surface area contributed by atoms with E-state index in [2.05, 4.69) is 46.9 Å². The number of hydrogen-bond donors (Lipinski definition) is 11. The number of fused-ring (bicyclic) bond motifs is 1. The number of para-hydroxylation sites is 1. The molecule has 0 radical (unpaired) electrons. The van der Waals surface area contributed by atoms with Gasteiger partial charge in [0.15, 0.2) is 0 Å². The minimum atomic E-state index is -1.34. The van der Waals surface area contributed by atoms with Crippen LogP contribution in [0.4, 0.5) is 0 Å². The number of rotatable bonds is 21. The number of aromatic amines is 2. The lowest BCUT2D eigenvalue weighted by Crippen LogP contribution is -2.57. The Balaban J connectivity index is 1.41. The number of amides is 8. The lowest BCUT2D eigenvalue weighted by molar-refractivity contribution is -0.142. The van der Waals surface area contributed by atoms with Crippen LogP contribution in [0.5, 0.6) is 0 Å². The van der Waals surface area contributed by atoms with E-state index in [0.29, 0.717) is 12.1 Å². The molecule has 0 spiro atoms. The monoisotopic (exact) mass is 794 g/mol. The van der Waals surface area contributed by atoms with Gasteiger partial charge in [-0.25, -0.2) is 4.98 Å². The summed E-state index contributed by atoms with van der Waals surface area (Å²) in [7, 11) is 0. The molecule has 306 valence electrons. The van der Waals surface area contributed by atoms with Gasteiger partial charge >= 0.3 is 5.97 Å². The molecule has 1 aromatic carbocycles. The lowest BCUT2D eigenvalue weighted by atomic mass is 10.0. The third-order valence-electron chi connectivity index (χ3n) is 8.98. The highest BCUT2D eigenvalue weighted by Crippen LogP contribution is 2.21. The smallest absolute Gasteiger partial charge is 0.322 e. The second-order valence-corrected chi connectivity index (χ2v) is 13.2. The number of aromatic nitrogens is 3. The summed E-state index contributed by atoms with van der Waals surface area (Å²) in [5.41, 5.74) is 12.8. The summed E-state index contributed by atoms with van der Waals surface area (Å²) >= 11 is 0. The summed E-state index contributed by atoms with van der Waals surface area (Å²) in [6, 6.07) is 2.54. The average molecular weight is 795 g/mol. The maximum Gasteiger partial charge on any atom is 0.322 e. The Morgan fingerprint density at radius 3 is 2.19 bits per heavy atom. The summed E-state index contributed by atoms with van der Waals surface area (Å²) in [5.74, 6) is -7.16. The summed E-state index contributed by atoms with van der Waals surface area (Å²) < 4.78 is 0. The number of carbonyl (C=O) groups is 9. The van der Waals surface area contributed by atoms with Gasteiger partial charge in [0.05, 0.1) is 26.0 Å². The van der Waals surface area contributed by atoms with Crippen molar-refractivity contribution in [2.24, 2.45) is 11.5 Å². The number of hydrogen-bond acceptors (Lipinski definition) is 11. The number of imidazole rings is 1. The van der Waals surface area contributed by atoms with Crippen molar-refractivity contribution in [3.63, 3.8) is 0 Å². The number of carbonyl (C=O) groups excluding carboxylic acids is 8. The van der Waals surface area contributed by atoms with Gasteiger partial charge in [-0.15, -0.1) is 0 Å². The van der Waals surface area contributed by atoms with Gasteiger partial charge in [-0.1, -0.05) is 18.2 Å². The van der Waals surface area contributed by atoms with Gasteiger partial charge in [-0.05, 0) is 30.9 Å². The molecule has 3 heterocycles. The third-order valence-corrected chi connectivity index (χ3v) is 8.98. The molecule has 1 fully saturated rings. The second kappa shape index (κ2) is 20.7. The minimum absolute atomic E-state index is 0.0634. The van der Waals surface area contributed by atoms with Crippen LogP contribution in [0.3, 0.4) is 0 Å². The van der Waals surface area contributed by atoms with E-state index >= 15 is 0 Å². The second-order valence-electron chi connectivity index (χ2n) is 13.2. The highest BCUT2D eigenvalue weighted by atomic mass is 16.4. The molecule has 0 aliphatic carbocycles. The van der Waals surface area contributed by atoms with E-state index in [9.17, 15) is 43.2 Å². The van der Waals surface area contributed by atoms with Crippen molar-refractivity contribution in [1.29, 1.82) is 0 Å². The summed E-state index contributed by atoms with van der Waals surface area (Å²) in [6.45, 7) is -2.15. The van der Waals surface area contributed by atoms with E-state index in [1.54, 1.807) is 6.20 Å². The Hall–Kier alpha value is -6.84. The Morgan fingerprint density at radius 1 is 0.842 bits per heavy atom. The van der Waals surface area contributed by atoms with Crippen molar-refractivity contribution in [2.45, 2.75) is 62.7 Å². The number of carboxylic acid groups (broad SMARTS) is 1. The van der Waals surface area contributed by atoms with Crippen molar-refractivity contribution < 1.29 is 48.3 Å². The summed E-state index contributed by atoms with van der Waals surface area (Å²) in [6.07, 6.45) is 4.49. The fraction of sp³-hybridized carbons (Fsp3) is 0.429. The molecule has 4 atom stereocenters. The van der Waals surface area contributed by atoms with Crippen LogP contribution in [-0.4, -0.2) is 135 Å². The van der Waals surface area contributed by atoms with E-state index in [-0.39, 0.29) is 45.2 Å². The molecule has 0 bridgehead atoms. The quantitative estimate of drug-likeness (QED) is 0.0489. The fourth-order valence-electron chi connectivity index (χ4n) is 6.19. The van der Waals surface area contributed by atoms with Crippen LogP contribution in [0.2, 0.25) is 0 Å². The molecule has 13 N–H and O–H groups in total. The zero-order valence-corrected chi connectivity index (χ0v) is 30.8. The third kappa shape index (κ3) is 12.9. The number of carboxylic acids is 1.